The lowest BCUT2D eigenvalue weighted by Gasteiger charge is -2.32. The van der Waals surface area contributed by atoms with Crippen LogP contribution in [0.3, 0.4) is 0 Å². The number of amides is 2. The zero-order valence-electron chi connectivity index (χ0n) is 14.9. The molecule has 0 spiro atoms. The standard InChI is InChI=1S/C19H26N2O4/c1-3-25-18(23)8-7-17(22)20-16-9-11-21(12-10-16)19(24)15-6-4-5-14(2)13-15/h4-6,13,16H,3,7-12H2,1-2H3,(H,20,22). The van der Waals surface area contributed by atoms with Gasteiger partial charge in [-0.1, -0.05) is 17.7 Å². The van der Waals surface area contributed by atoms with Gasteiger partial charge in [0.05, 0.1) is 13.0 Å². The molecule has 0 unspecified atom stereocenters. The third-order valence-electron chi connectivity index (χ3n) is 4.27. The van der Waals surface area contributed by atoms with Crippen molar-refractivity contribution in [2.75, 3.05) is 19.7 Å². The number of carbonyl (C=O) groups is 3. The van der Waals surface area contributed by atoms with E-state index in [2.05, 4.69) is 5.32 Å². The van der Waals surface area contributed by atoms with Gasteiger partial charge in [-0.3, -0.25) is 14.4 Å². The fourth-order valence-corrected chi connectivity index (χ4v) is 2.94. The van der Waals surface area contributed by atoms with E-state index in [4.69, 9.17) is 4.74 Å². The lowest BCUT2D eigenvalue weighted by atomic mass is 10.0. The van der Waals surface area contributed by atoms with Gasteiger partial charge in [-0.2, -0.15) is 0 Å². The SMILES string of the molecule is CCOC(=O)CCC(=O)NC1CCN(C(=O)c2cccc(C)c2)CC1. The number of hydrogen-bond acceptors (Lipinski definition) is 4. The molecule has 25 heavy (non-hydrogen) atoms. The summed E-state index contributed by atoms with van der Waals surface area (Å²) in [5.74, 6) is -0.455. The van der Waals surface area contributed by atoms with Crippen molar-refractivity contribution in [3.63, 3.8) is 0 Å². The minimum absolute atomic E-state index is 0.0378. The van der Waals surface area contributed by atoms with Crippen molar-refractivity contribution in [3.05, 3.63) is 35.4 Å². The maximum atomic E-state index is 12.5. The second-order valence-electron chi connectivity index (χ2n) is 6.31. The second-order valence-corrected chi connectivity index (χ2v) is 6.31. The first-order valence-electron chi connectivity index (χ1n) is 8.80. The van der Waals surface area contributed by atoms with Crippen molar-refractivity contribution in [1.29, 1.82) is 0 Å². The van der Waals surface area contributed by atoms with Crippen LogP contribution in [0, 0.1) is 6.92 Å². The van der Waals surface area contributed by atoms with Gasteiger partial charge in [-0.05, 0) is 38.8 Å². The molecule has 2 amide bonds. The molecule has 1 fully saturated rings. The number of ether oxygens (including phenoxy) is 1. The number of esters is 1. The Hall–Kier alpha value is -2.37. The van der Waals surface area contributed by atoms with Crippen molar-refractivity contribution in [2.45, 2.75) is 45.6 Å². The van der Waals surface area contributed by atoms with Crippen molar-refractivity contribution in [1.82, 2.24) is 10.2 Å². The Balaban J connectivity index is 1.75. The maximum absolute atomic E-state index is 12.5. The van der Waals surface area contributed by atoms with Gasteiger partial charge in [0.1, 0.15) is 0 Å². The zero-order chi connectivity index (χ0) is 18.2. The Morgan fingerprint density at radius 3 is 2.56 bits per heavy atom. The topological polar surface area (TPSA) is 75.7 Å². The largest absolute Gasteiger partial charge is 0.466 e. The predicted molar refractivity (Wildman–Crippen MR) is 94.1 cm³/mol. The van der Waals surface area contributed by atoms with Gasteiger partial charge < -0.3 is 15.0 Å². The van der Waals surface area contributed by atoms with E-state index in [1.54, 1.807) is 6.92 Å². The fourth-order valence-electron chi connectivity index (χ4n) is 2.94. The van der Waals surface area contributed by atoms with Crippen LogP contribution in [0.2, 0.25) is 0 Å². The van der Waals surface area contributed by atoms with Crippen molar-refractivity contribution in [3.8, 4) is 0 Å². The van der Waals surface area contributed by atoms with Gasteiger partial charge in [0.15, 0.2) is 0 Å². The molecular formula is C19H26N2O4. The van der Waals surface area contributed by atoms with Crippen LogP contribution < -0.4 is 5.32 Å². The number of nitrogens with one attached hydrogen (secondary N) is 1. The summed E-state index contributed by atoms with van der Waals surface area (Å²) in [6.07, 6.45) is 1.69. The summed E-state index contributed by atoms with van der Waals surface area (Å²) in [5.41, 5.74) is 1.77. The van der Waals surface area contributed by atoms with E-state index in [0.717, 1.165) is 18.4 Å². The molecule has 1 heterocycles. The summed E-state index contributed by atoms with van der Waals surface area (Å²) in [4.78, 5) is 37.5. The van der Waals surface area contributed by atoms with Gasteiger partial charge in [0.25, 0.3) is 5.91 Å². The highest BCUT2D eigenvalue weighted by atomic mass is 16.5. The smallest absolute Gasteiger partial charge is 0.306 e. The van der Waals surface area contributed by atoms with Crippen LogP contribution in [-0.2, 0) is 14.3 Å². The first kappa shape index (κ1) is 19.0. The second kappa shape index (κ2) is 9.20. The van der Waals surface area contributed by atoms with Gasteiger partial charge in [0, 0.05) is 31.1 Å². The Morgan fingerprint density at radius 2 is 1.92 bits per heavy atom. The van der Waals surface area contributed by atoms with Crippen molar-refractivity contribution >= 4 is 17.8 Å². The van der Waals surface area contributed by atoms with Gasteiger partial charge in [0.2, 0.25) is 5.91 Å². The molecule has 0 aromatic heterocycles. The number of likely N-dealkylation sites (tertiary alicyclic amines) is 1. The van der Waals surface area contributed by atoms with Crippen LogP contribution in [0.5, 0.6) is 0 Å². The van der Waals surface area contributed by atoms with E-state index in [1.165, 1.54) is 0 Å². The van der Waals surface area contributed by atoms with E-state index in [9.17, 15) is 14.4 Å². The Labute approximate surface area is 148 Å². The highest BCUT2D eigenvalue weighted by Gasteiger charge is 2.24. The highest BCUT2D eigenvalue weighted by Crippen LogP contribution is 2.15. The lowest BCUT2D eigenvalue weighted by Crippen LogP contribution is -2.46. The van der Waals surface area contributed by atoms with Gasteiger partial charge in [-0.15, -0.1) is 0 Å². The van der Waals surface area contributed by atoms with Crippen LogP contribution >= 0.6 is 0 Å². The van der Waals surface area contributed by atoms with Crippen LogP contribution in [-0.4, -0.2) is 48.4 Å². The third-order valence-corrected chi connectivity index (χ3v) is 4.27. The van der Waals surface area contributed by atoms with Crippen molar-refractivity contribution < 1.29 is 19.1 Å². The minimum atomic E-state index is -0.351. The zero-order valence-corrected chi connectivity index (χ0v) is 14.9. The summed E-state index contributed by atoms with van der Waals surface area (Å²) in [7, 11) is 0. The molecule has 2 rings (SSSR count). The van der Waals surface area contributed by atoms with Gasteiger partial charge in [-0.25, -0.2) is 0 Å². The molecule has 0 bridgehead atoms. The third kappa shape index (κ3) is 5.89. The Morgan fingerprint density at radius 1 is 1.20 bits per heavy atom. The molecular weight excluding hydrogens is 320 g/mol. The molecule has 0 aliphatic carbocycles. The van der Waals surface area contributed by atoms with E-state index >= 15 is 0 Å². The summed E-state index contributed by atoms with van der Waals surface area (Å²) in [6, 6.07) is 7.63. The number of benzene rings is 1. The number of hydrogen-bond donors (Lipinski definition) is 1. The molecule has 1 N–H and O–H groups in total. The van der Waals surface area contributed by atoms with Crippen LogP contribution in [0.1, 0.15) is 48.5 Å². The number of carbonyl (C=O) groups excluding carboxylic acids is 3. The van der Waals surface area contributed by atoms with E-state index < -0.39 is 0 Å². The summed E-state index contributed by atoms with van der Waals surface area (Å²) < 4.78 is 4.81. The van der Waals surface area contributed by atoms with E-state index in [-0.39, 0.29) is 36.7 Å². The predicted octanol–water partition coefficient (Wildman–Crippen LogP) is 2.06. The molecule has 1 aliphatic heterocycles. The summed E-state index contributed by atoms with van der Waals surface area (Å²) in [6.45, 7) is 5.28. The summed E-state index contributed by atoms with van der Waals surface area (Å²) >= 11 is 0. The molecule has 1 aliphatic rings. The van der Waals surface area contributed by atoms with Crippen molar-refractivity contribution in [2.24, 2.45) is 0 Å². The number of piperidine rings is 1. The molecule has 6 nitrogen and oxygen atoms in total. The molecule has 0 saturated carbocycles. The van der Waals surface area contributed by atoms with Crippen LogP contribution in [0.15, 0.2) is 24.3 Å². The normalized spacial score (nSPS) is 14.9. The lowest BCUT2D eigenvalue weighted by molar-refractivity contribution is -0.144. The molecule has 1 aromatic rings. The maximum Gasteiger partial charge on any atom is 0.306 e. The summed E-state index contributed by atoms with van der Waals surface area (Å²) in [5, 5.41) is 2.94. The number of aryl methyl sites for hydroxylation is 1. The molecule has 1 saturated heterocycles. The minimum Gasteiger partial charge on any atom is -0.466 e. The van der Waals surface area contributed by atoms with Crippen LogP contribution in [0.25, 0.3) is 0 Å². The molecule has 1 aromatic carbocycles. The Kier molecular flexibility index (Phi) is 6.98. The molecule has 136 valence electrons. The monoisotopic (exact) mass is 346 g/mol. The van der Waals surface area contributed by atoms with E-state index in [0.29, 0.717) is 25.3 Å². The van der Waals surface area contributed by atoms with E-state index in [1.807, 2.05) is 36.1 Å². The first-order chi connectivity index (χ1) is 12.0. The fraction of sp³-hybridized carbons (Fsp3) is 0.526. The average Bonchev–Trinajstić information content (AvgIpc) is 2.60. The molecule has 0 radical (unpaired) electrons. The molecule has 6 heteroatoms. The average molecular weight is 346 g/mol. The number of rotatable bonds is 6. The first-order valence-corrected chi connectivity index (χ1v) is 8.80. The Bertz CT molecular complexity index is 622. The number of nitrogens with zero attached hydrogens (tertiary/aromatic N) is 1. The van der Waals surface area contributed by atoms with Gasteiger partial charge >= 0.3 is 5.97 Å². The molecule has 0 atom stereocenters. The van der Waals surface area contributed by atoms with Crippen LogP contribution in [0.4, 0.5) is 0 Å². The quantitative estimate of drug-likeness (QED) is 0.800. The highest BCUT2D eigenvalue weighted by molar-refractivity contribution is 5.94.